The molecule has 1 atom stereocenters. The number of hydrogen-bond acceptors (Lipinski definition) is 2. The average Bonchev–Trinajstić information content (AvgIpc) is 2.28. The van der Waals surface area contributed by atoms with Gasteiger partial charge in [0.15, 0.2) is 11.6 Å². The molecule has 17 heavy (non-hydrogen) atoms. The molecule has 0 aliphatic carbocycles. The molecule has 96 valence electrons. The summed E-state index contributed by atoms with van der Waals surface area (Å²) in [5, 5.41) is 3.33. The van der Waals surface area contributed by atoms with Crippen LogP contribution in [-0.4, -0.2) is 12.6 Å². The second-order valence-electron chi connectivity index (χ2n) is 4.53. The summed E-state index contributed by atoms with van der Waals surface area (Å²) >= 11 is 0. The first-order chi connectivity index (χ1) is 8.04. The number of hydrogen-bond donors (Lipinski definition) is 1. The number of halogens is 1. The van der Waals surface area contributed by atoms with Crippen molar-refractivity contribution >= 4 is 0 Å². The Balaban J connectivity index is 2.73. The van der Waals surface area contributed by atoms with Gasteiger partial charge in [-0.1, -0.05) is 13.0 Å². The number of rotatable bonds is 6. The largest absolute Gasteiger partial charge is 0.488 e. The molecule has 0 aliphatic rings. The average molecular weight is 239 g/mol. The van der Waals surface area contributed by atoms with Crippen LogP contribution >= 0.6 is 0 Å². The summed E-state index contributed by atoms with van der Waals surface area (Å²) in [7, 11) is 0. The Morgan fingerprint density at radius 1 is 1.29 bits per heavy atom. The van der Waals surface area contributed by atoms with Gasteiger partial charge in [-0.25, -0.2) is 4.39 Å². The van der Waals surface area contributed by atoms with Gasteiger partial charge in [-0.2, -0.15) is 0 Å². The summed E-state index contributed by atoms with van der Waals surface area (Å²) in [5.74, 6) is 0.0350. The van der Waals surface area contributed by atoms with Gasteiger partial charge < -0.3 is 10.1 Å². The van der Waals surface area contributed by atoms with E-state index in [9.17, 15) is 4.39 Å². The van der Waals surface area contributed by atoms with Crippen LogP contribution in [0.4, 0.5) is 4.39 Å². The third-order valence-electron chi connectivity index (χ3n) is 2.52. The quantitative estimate of drug-likeness (QED) is 0.817. The van der Waals surface area contributed by atoms with Gasteiger partial charge >= 0.3 is 0 Å². The Morgan fingerprint density at radius 3 is 2.53 bits per heavy atom. The number of nitrogens with one attached hydrogen (secondary N) is 1. The molecule has 0 saturated heterocycles. The molecular formula is C14H22FNO. The highest BCUT2D eigenvalue weighted by molar-refractivity contribution is 5.31. The first kappa shape index (κ1) is 14.0. The van der Waals surface area contributed by atoms with E-state index in [1.807, 2.05) is 26.8 Å². The first-order valence-electron chi connectivity index (χ1n) is 6.24. The zero-order chi connectivity index (χ0) is 12.8. The topological polar surface area (TPSA) is 21.3 Å². The van der Waals surface area contributed by atoms with Crippen molar-refractivity contribution in [2.24, 2.45) is 0 Å². The lowest BCUT2D eigenvalue weighted by atomic mass is 10.1. The van der Waals surface area contributed by atoms with Gasteiger partial charge in [-0.15, -0.1) is 0 Å². The van der Waals surface area contributed by atoms with E-state index in [1.54, 1.807) is 12.1 Å². The Hall–Kier alpha value is -1.09. The van der Waals surface area contributed by atoms with Crippen LogP contribution in [0.3, 0.4) is 0 Å². The van der Waals surface area contributed by atoms with Crippen LogP contribution in [0.1, 0.15) is 45.7 Å². The monoisotopic (exact) mass is 239 g/mol. The van der Waals surface area contributed by atoms with Gasteiger partial charge in [0.25, 0.3) is 0 Å². The lowest BCUT2D eigenvalue weighted by Crippen LogP contribution is -2.19. The number of benzene rings is 1. The van der Waals surface area contributed by atoms with Crippen LogP contribution in [0.15, 0.2) is 18.2 Å². The van der Waals surface area contributed by atoms with Crippen LogP contribution in [0, 0.1) is 5.82 Å². The van der Waals surface area contributed by atoms with Gasteiger partial charge in [0.05, 0.1) is 6.10 Å². The highest BCUT2D eigenvalue weighted by Gasteiger charge is 2.10. The fourth-order valence-electron chi connectivity index (χ4n) is 1.61. The fraction of sp³-hybridized carbons (Fsp3) is 0.571. The molecule has 3 heteroatoms. The molecule has 1 N–H and O–H groups in total. The molecule has 0 heterocycles. The molecule has 0 spiro atoms. The molecule has 0 radical (unpaired) electrons. The van der Waals surface area contributed by atoms with E-state index in [1.165, 1.54) is 0 Å². The summed E-state index contributed by atoms with van der Waals surface area (Å²) in [6.45, 7) is 8.86. The maximum atomic E-state index is 13.7. The molecule has 0 aliphatic heterocycles. The summed E-state index contributed by atoms with van der Waals surface area (Å²) in [4.78, 5) is 0. The summed E-state index contributed by atoms with van der Waals surface area (Å²) in [6.07, 6.45) is 1.06. The zero-order valence-corrected chi connectivity index (χ0v) is 11.1. The second kappa shape index (κ2) is 6.60. The molecule has 1 rings (SSSR count). The van der Waals surface area contributed by atoms with Gasteiger partial charge in [0.2, 0.25) is 0 Å². The highest BCUT2D eigenvalue weighted by atomic mass is 19.1. The predicted molar refractivity (Wildman–Crippen MR) is 68.9 cm³/mol. The zero-order valence-electron chi connectivity index (χ0n) is 11.1. The number of ether oxygens (including phenoxy) is 1. The molecule has 0 unspecified atom stereocenters. The maximum Gasteiger partial charge on any atom is 0.165 e. The van der Waals surface area contributed by atoms with Crippen molar-refractivity contribution in [2.75, 3.05) is 6.54 Å². The maximum absolute atomic E-state index is 13.7. The van der Waals surface area contributed by atoms with E-state index in [0.717, 1.165) is 18.5 Å². The Labute approximate surface area is 103 Å². The SMILES string of the molecule is CCCN[C@@H](C)c1ccc(OC(C)C)c(F)c1. The summed E-state index contributed by atoms with van der Waals surface area (Å²) in [6, 6.07) is 5.33. The molecule has 0 aromatic heterocycles. The van der Waals surface area contributed by atoms with E-state index >= 15 is 0 Å². The van der Waals surface area contributed by atoms with Crippen molar-refractivity contribution in [2.45, 2.75) is 46.3 Å². The summed E-state index contributed by atoms with van der Waals surface area (Å²) in [5.41, 5.74) is 0.951. The minimum atomic E-state index is -0.290. The standard InChI is InChI=1S/C14H22FNO/c1-5-8-16-11(4)12-6-7-14(13(15)9-12)17-10(2)3/h6-7,9-11,16H,5,8H2,1-4H3/t11-/m0/s1. The van der Waals surface area contributed by atoms with Crippen molar-refractivity contribution in [1.82, 2.24) is 5.32 Å². The van der Waals surface area contributed by atoms with E-state index in [2.05, 4.69) is 12.2 Å². The van der Waals surface area contributed by atoms with E-state index in [4.69, 9.17) is 4.74 Å². The molecule has 0 saturated carbocycles. The molecule has 2 nitrogen and oxygen atoms in total. The van der Waals surface area contributed by atoms with Crippen LogP contribution in [0.25, 0.3) is 0 Å². The van der Waals surface area contributed by atoms with Crippen molar-refractivity contribution in [1.29, 1.82) is 0 Å². The van der Waals surface area contributed by atoms with Crippen molar-refractivity contribution in [3.63, 3.8) is 0 Å². The van der Waals surface area contributed by atoms with Crippen molar-refractivity contribution in [3.8, 4) is 5.75 Å². The molecular weight excluding hydrogens is 217 g/mol. The Kier molecular flexibility index (Phi) is 5.42. The van der Waals surface area contributed by atoms with E-state index in [-0.39, 0.29) is 18.0 Å². The van der Waals surface area contributed by atoms with Crippen LogP contribution < -0.4 is 10.1 Å². The minimum absolute atomic E-state index is 0.00834. The lowest BCUT2D eigenvalue weighted by molar-refractivity contribution is 0.231. The Bertz CT molecular complexity index is 352. The van der Waals surface area contributed by atoms with Crippen molar-refractivity contribution in [3.05, 3.63) is 29.6 Å². The molecule has 0 amide bonds. The third-order valence-corrected chi connectivity index (χ3v) is 2.52. The Morgan fingerprint density at radius 2 is 2.00 bits per heavy atom. The normalized spacial score (nSPS) is 12.8. The minimum Gasteiger partial charge on any atom is -0.488 e. The lowest BCUT2D eigenvalue weighted by Gasteiger charge is -2.16. The van der Waals surface area contributed by atoms with Crippen LogP contribution in [-0.2, 0) is 0 Å². The van der Waals surface area contributed by atoms with Gasteiger partial charge in [0.1, 0.15) is 0 Å². The molecule has 1 aromatic carbocycles. The van der Waals surface area contributed by atoms with Crippen molar-refractivity contribution < 1.29 is 9.13 Å². The first-order valence-corrected chi connectivity index (χ1v) is 6.24. The second-order valence-corrected chi connectivity index (χ2v) is 4.53. The van der Waals surface area contributed by atoms with E-state index < -0.39 is 0 Å². The molecule has 1 aromatic rings. The molecule has 0 bridgehead atoms. The predicted octanol–water partition coefficient (Wildman–Crippen LogP) is 3.67. The van der Waals surface area contributed by atoms with Gasteiger partial charge in [-0.05, 0) is 51.4 Å². The van der Waals surface area contributed by atoms with Gasteiger partial charge in [0, 0.05) is 6.04 Å². The molecule has 0 fully saturated rings. The fourth-order valence-corrected chi connectivity index (χ4v) is 1.61. The van der Waals surface area contributed by atoms with Gasteiger partial charge in [-0.3, -0.25) is 0 Å². The van der Waals surface area contributed by atoms with Crippen LogP contribution in [0.5, 0.6) is 5.75 Å². The smallest absolute Gasteiger partial charge is 0.165 e. The van der Waals surface area contributed by atoms with E-state index in [0.29, 0.717) is 5.75 Å². The highest BCUT2D eigenvalue weighted by Crippen LogP contribution is 2.22. The third kappa shape index (κ3) is 4.35. The van der Waals surface area contributed by atoms with Crippen LogP contribution in [0.2, 0.25) is 0 Å². The summed E-state index contributed by atoms with van der Waals surface area (Å²) < 4.78 is 19.1.